The van der Waals surface area contributed by atoms with Gasteiger partial charge in [-0.25, -0.2) is 0 Å². The van der Waals surface area contributed by atoms with E-state index in [1.54, 1.807) is 0 Å². The number of carbonyl (C=O) groups is 1. The summed E-state index contributed by atoms with van der Waals surface area (Å²) in [6, 6.07) is 8.18. The minimum absolute atomic E-state index is 0.0345. The van der Waals surface area contributed by atoms with Crippen molar-refractivity contribution in [2.75, 3.05) is 26.3 Å². The molecule has 0 radical (unpaired) electrons. The molecule has 2 atom stereocenters. The van der Waals surface area contributed by atoms with Crippen LogP contribution in [0.25, 0.3) is 0 Å². The number of likely N-dealkylation sites (tertiary alicyclic amines) is 1. The molecule has 2 rings (SSSR count). The maximum atomic E-state index is 11.9. The van der Waals surface area contributed by atoms with Gasteiger partial charge in [-0.15, -0.1) is 0 Å². The van der Waals surface area contributed by atoms with Crippen LogP contribution >= 0.6 is 0 Å². The van der Waals surface area contributed by atoms with Crippen molar-refractivity contribution >= 4 is 5.97 Å². The van der Waals surface area contributed by atoms with Crippen molar-refractivity contribution in [2.24, 2.45) is 5.92 Å². The molecule has 0 aliphatic carbocycles. The zero-order valence-electron chi connectivity index (χ0n) is 13.1. The van der Waals surface area contributed by atoms with Gasteiger partial charge in [0.2, 0.25) is 0 Å². The van der Waals surface area contributed by atoms with Gasteiger partial charge in [0.1, 0.15) is 18.2 Å². The van der Waals surface area contributed by atoms with Crippen molar-refractivity contribution in [3.63, 3.8) is 0 Å². The summed E-state index contributed by atoms with van der Waals surface area (Å²) in [6.45, 7) is 7.89. The van der Waals surface area contributed by atoms with Crippen LogP contribution in [0, 0.1) is 5.92 Å². The average Bonchev–Trinajstić information content (AvgIpc) is 2.50. The highest BCUT2D eigenvalue weighted by atomic mass is 16.5. The molecule has 0 amide bonds. The maximum Gasteiger partial charge on any atom is 0.314 e. The zero-order chi connectivity index (χ0) is 15.1. The molecule has 1 aliphatic rings. The van der Waals surface area contributed by atoms with Gasteiger partial charge in [-0.2, -0.15) is 0 Å². The fraction of sp³-hybridized carbons (Fsp3) is 0.588. The summed E-state index contributed by atoms with van der Waals surface area (Å²) in [7, 11) is 0. The fourth-order valence-electron chi connectivity index (χ4n) is 2.99. The van der Waals surface area contributed by atoms with Crippen LogP contribution in [0.5, 0.6) is 5.75 Å². The quantitative estimate of drug-likeness (QED) is 0.807. The summed E-state index contributed by atoms with van der Waals surface area (Å²) in [5.41, 5.74) is 1.22. The van der Waals surface area contributed by atoms with Crippen molar-refractivity contribution in [3.8, 4) is 5.75 Å². The van der Waals surface area contributed by atoms with E-state index in [0.717, 1.165) is 38.2 Å². The lowest BCUT2D eigenvalue weighted by atomic mass is 9.97. The molecule has 1 aromatic rings. The second-order valence-corrected chi connectivity index (χ2v) is 5.51. The van der Waals surface area contributed by atoms with E-state index in [1.807, 2.05) is 32.0 Å². The molecule has 0 spiro atoms. The second kappa shape index (κ2) is 8.03. The van der Waals surface area contributed by atoms with Crippen molar-refractivity contribution in [2.45, 2.75) is 33.2 Å². The summed E-state index contributed by atoms with van der Waals surface area (Å²) in [5, 5.41) is 0. The Morgan fingerprint density at radius 3 is 2.86 bits per heavy atom. The number of quaternary nitrogens is 1. The minimum Gasteiger partial charge on any atom is -0.493 e. The van der Waals surface area contributed by atoms with Crippen LogP contribution in [0.4, 0.5) is 0 Å². The second-order valence-electron chi connectivity index (χ2n) is 5.51. The Morgan fingerprint density at radius 1 is 1.29 bits per heavy atom. The van der Waals surface area contributed by atoms with E-state index in [-0.39, 0.29) is 11.9 Å². The van der Waals surface area contributed by atoms with Crippen molar-refractivity contribution < 1.29 is 19.2 Å². The fourth-order valence-corrected chi connectivity index (χ4v) is 2.99. The zero-order valence-corrected chi connectivity index (χ0v) is 13.1. The number of rotatable bonds is 6. The standard InChI is InChI=1S/C17H25NO3/c1-3-20-16-10-6-5-8-14(16)12-18-11-7-9-15(13-18)17(19)21-4-2/h5-6,8,10,15H,3-4,7,9,11-13H2,1-2H3/p+1/t15-/m0/s1. The maximum absolute atomic E-state index is 11.9. The van der Waals surface area contributed by atoms with Gasteiger partial charge >= 0.3 is 5.97 Å². The van der Waals surface area contributed by atoms with E-state index in [4.69, 9.17) is 9.47 Å². The minimum atomic E-state index is -0.0345. The number of hydrogen-bond donors (Lipinski definition) is 1. The molecule has 1 heterocycles. The number of nitrogens with one attached hydrogen (secondary N) is 1. The molecular weight excluding hydrogens is 266 g/mol. The Labute approximate surface area is 127 Å². The first-order chi connectivity index (χ1) is 10.2. The van der Waals surface area contributed by atoms with E-state index in [9.17, 15) is 4.79 Å². The largest absolute Gasteiger partial charge is 0.493 e. The number of piperidine rings is 1. The lowest BCUT2D eigenvalue weighted by Gasteiger charge is -2.29. The molecule has 0 aromatic heterocycles. The van der Waals surface area contributed by atoms with Gasteiger partial charge in [0, 0.05) is 5.56 Å². The molecule has 1 aromatic carbocycles. The number of carbonyl (C=O) groups excluding carboxylic acids is 1. The van der Waals surface area contributed by atoms with Crippen molar-refractivity contribution in [1.29, 1.82) is 0 Å². The first-order valence-corrected chi connectivity index (χ1v) is 7.95. The molecule has 0 saturated carbocycles. The van der Waals surface area contributed by atoms with E-state index in [0.29, 0.717) is 13.2 Å². The summed E-state index contributed by atoms with van der Waals surface area (Å²) < 4.78 is 10.9. The topological polar surface area (TPSA) is 40.0 Å². The monoisotopic (exact) mass is 292 g/mol. The van der Waals surface area contributed by atoms with Crippen LogP contribution in [-0.2, 0) is 16.1 Å². The number of ether oxygens (including phenoxy) is 2. The molecule has 116 valence electrons. The number of para-hydroxylation sites is 1. The number of benzene rings is 1. The Hall–Kier alpha value is -1.55. The van der Waals surface area contributed by atoms with Crippen molar-refractivity contribution in [1.82, 2.24) is 0 Å². The molecule has 1 aliphatic heterocycles. The third-order valence-corrected chi connectivity index (χ3v) is 3.95. The Kier molecular flexibility index (Phi) is 6.05. The van der Waals surface area contributed by atoms with Crippen LogP contribution in [0.15, 0.2) is 24.3 Å². The average molecular weight is 292 g/mol. The number of esters is 1. The predicted molar refractivity (Wildman–Crippen MR) is 81.4 cm³/mol. The molecule has 1 unspecified atom stereocenters. The van der Waals surface area contributed by atoms with E-state index in [1.165, 1.54) is 10.5 Å². The normalized spacial score (nSPS) is 21.8. The van der Waals surface area contributed by atoms with Gasteiger partial charge in [-0.1, -0.05) is 12.1 Å². The van der Waals surface area contributed by atoms with E-state index >= 15 is 0 Å². The molecule has 4 nitrogen and oxygen atoms in total. The molecule has 4 heteroatoms. The van der Waals surface area contributed by atoms with Crippen LogP contribution in [0.1, 0.15) is 32.3 Å². The Bertz CT molecular complexity index is 461. The highest BCUT2D eigenvalue weighted by molar-refractivity contribution is 5.72. The van der Waals surface area contributed by atoms with Gasteiger partial charge in [-0.05, 0) is 38.8 Å². The summed E-state index contributed by atoms with van der Waals surface area (Å²) in [6.07, 6.45) is 2.03. The number of hydrogen-bond acceptors (Lipinski definition) is 3. The summed E-state index contributed by atoms with van der Waals surface area (Å²) >= 11 is 0. The van der Waals surface area contributed by atoms with Gasteiger partial charge in [0.25, 0.3) is 0 Å². The predicted octanol–water partition coefficient (Wildman–Crippen LogP) is 1.44. The summed E-state index contributed by atoms with van der Waals surface area (Å²) in [5.74, 6) is 0.978. The highest BCUT2D eigenvalue weighted by Crippen LogP contribution is 2.17. The smallest absolute Gasteiger partial charge is 0.314 e. The third-order valence-electron chi connectivity index (χ3n) is 3.95. The SMILES string of the molecule is CCOC(=O)[C@H]1CCC[NH+](Cc2ccccc2OCC)C1. The highest BCUT2D eigenvalue weighted by Gasteiger charge is 2.30. The van der Waals surface area contributed by atoms with Crippen molar-refractivity contribution in [3.05, 3.63) is 29.8 Å². The molecule has 21 heavy (non-hydrogen) atoms. The summed E-state index contributed by atoms with van der Waals surface area (Å²) in [4.78, 5) is 13.3. The Balaban J connectivity index is 1.98. The van der Waals surface area contributed by atoms with Gasteiger partial charge in [-0.3, -0.25) is 4.79 Å². The van der Waals surface area contributed by atoms with Gasteiger partial charge in [0.05, 0.1) is 26.3 Å². The van der Waals surface area contributed by atoms with Gasteiger partial charge < -0.3 is 14.4 Å². The van der Waals surface area contributed by atoms with Crippen LogP contribution in [-0.4, -0.2) is 32.3 Å². The lowest BCUT2D eigenvalue weighted by Crippen LogP contribution is -3.12. The molecule has 1 saturated heterocycles. The van der Waals surface area contributed by atoms with E-state index in [2.05, 4.69) is 6.07 Å². The van der Waals surface area contributed by atoms with Crippen LogP contribution in [0.3, 0.4) is 0 Å². The molecule has 1 fully saturated rings. The first kappa shape index (κ1) is 15.8. The van der Waals surface area contributed by atoms with E-state index < -0.39 is 0 Å². The van der Waals surface area contributed by atoms with Crippen LogP contribution < -0.4 is 9.64 Å². The lowest BCUT2D eigenvalue weighted by molar-refractivity contribution is -0.921. The van der Waals surface area contributed by atoms with Crippen LogP contribution in [0.2, 0.25) is 0 Å². The molecule has 0 bridgehead atoms. The van der Waals surface area contributed by atoms with Gasteiger partial charge in [0.15, 0.2) is 0 Å². The Morgan fingerprint density at radius 2 is 2.10 bits per heavy atom. The molecular formula is C17H26NO3+. The molecule has 1 N–H and O–H groups in total. The first-order valence-electron chi connectivity index (χ1n) is 7.95. The third kappa shape index (κ3) is 4.46.